The molecule has 0 amide bonds. The predicted molar refractivity (Wildman–Crippen MR) is 51.5 cm³/mol. The molecular formula is C9H13N3O3. The number of rotatable bonds is 6. The Morgan fingerprint density at radius 1 is 1.53 bits per heavy atom. The molecule has 1 aromatic heterocycles. The van der Waals surface area contributed by atoms with Gasteiger partial charge >= 0.3 is 0 Å². The molecule has 1 rings (SSSR count). The number of Topliss-reactive ketones (excluding diaryl/α,β-unsaturated/α-hetero) is 2. The number of aryl methyl sites for hydroxylation is 1. The van der Waals surface area contributed by atoms with Crippen molar-refractivity contribution in [3.63, 3.8) is 0 Å². The first-order valence-electron chi connectivity index (χ1n) is 4.53. The molecule has 0 aliphatic heterocycles. The van der Waals surface area contributed by atoms with Crippen molar-refractivity contribution < 1.29 is 14.3 Å². The molecule has 82 valence electrons. The summed E-state index contributed by atoms with van der Waals surface area (Å²) in [5, 5.41) is 7.25. The molecule has 0 aliphatic carbocycles. The smallest absolute Gasteiger partial charge is 0.192 e. The van der Waals surface area contributed by atoms with E-state index in [1.54, 1.807) is 7.05 Å². The molecule has 6 heteroatoms. The van der Waals surface area contributed by atoms with Gasteiger partial charge < -0.3 is 4.74 Å². The zero-order valence-electron chi connectivity index (χ0n) is 8.77. The molecule has 0 spiro atoms. The SMILES string of the molecule is COCCC(=O)CC(=O)c1cn(C)nn1. The van der Waals surface area contributed by atoms with Gasteiger partial charge in [-0.15, -0.1) is 5.10 Å². The molecule has 0 fully saturated rings. The first-order chi connectivity index (χ1) is 7.13. The van der Waals surface area contributed by atoms with Crippen LogP contribution >= 0.6 is 0 Å². The summed E-state index contributed by atoms with van der Waals surface area (Å²) < 4.78 is 6.16. The third-order valence-corrected chi connectivity index (χ3v) is 1.83. The van der Waals surface area contributed by atoms with Crippen molar-refractivity contribution in [3.8, 4) is 0 Å². The molecule has 0 bridgehead atoms. The van der Waals surface area contributed by atoms with Crippen molar-refractivity contribution in [2.75, 3.05) is 13.7 Å². The van der Waals surface area contributed by atoms with Crippen molar-refractivity contribution in [2.24, 2.45) is 7.05 Å². The average Bonchev–Trinajstić information content (AvgIpc) is 2.61. The van der Waals surface area contributed by atoms with Crippen LogP contribution in [0.25, 0.3) is 0 Å². The molecule has 0 aromatic carbocycles. The fraction of sp³-hybridized carbons (Fsp3) is 0.556. The van der Waals surface area contributed by atoms with E-state index in [-0.39, 0.29) is 30.1 Å². The summed E-state index contributed by atoms with van der Waals surface area (Å²) in [6.45, 7) is 0.340. The van der Waals surface area contributed by atoms with Crippen LogP contribution in [0.1, 0.15) is 23.3 Å². The summed E-state index contributed by atoms with van der Waals surface area (Å²) in [6.07, 6.45) is 1.61. The van der Waals surface area contributed by atoms with E-state index < -0.39 is 0 Å². The van der Waals surface area contributed by atoms with Gasteiger partial charge in [-0.1, -0.05) is 5.21 Å². The average molecular weight is 211 g/mol. The lowest BCUT2D eigenvalue weighted by atomic mass is 10.1. The summed E-state index contributed by atoms with van der Waals surface area (Å²) in [6, 6.07) is 0. The van der Waals surface area contributed by atoms with E-state index in [2.05, 4.69) is 10.3 Å². The lowest BCUT2D eigenvalue weighted by Crippen LogP contribution is -2.10. The number of hydrogen-bond acceptors (Lipinski definition) is 5. The maximum absolute atomic E-state index is 11.5. The minimum absolute atomic E-state index is 0.137. The lowest BCUT2D eigenvalue weighted by Gasteiger charge is -1.97. The Kier molecular flexibility index (Phi) is 4.11. The zero-order chi connectivity index (χ0) is 11.3. The highest BCUT2D eigenvalue weighted by atomic mass is 16.5. The van der Waals surface area contributed by atoms with Gasteiger partial charge in [0.15, 0.2) is 5.78 Å². The number of ketones is 2. The Hall–Kier alpha value is -1.56. The lowest BCUT2D eigenvalue weighted by molar-refractivity contribution is -0.119. The highest BCUT2D eigenvalue weighted by molar-refractivity contribution is 6.06. The van der Waals surface area contributed by atoms with E-state index in [1.165, 1.54) is 18.0 Å². The number of nitrogens with zero attached hydrogens (tertiary/aromatic N) is 3. The van der Waals surface area contributed by atoms with Gasteiger partial charge in [0.05, 0.1) is 19.2 Å². The summed E-state index contributed by atoms with van der Waals surface area (Å²) in [7, 11) is 3.17. The highest BCUT2D eigenvalue weighted by Gasteiger charge is 2.14. The molecule has 0 saturated heterocycles. The molecule has 0 unspecified atom stereocenters. The van der Waals surface area contributed by atoms with Crippen LogP contribution in [-0.4, -0.2) is 40.3 Å². The predicted octanol–water partition coefficient (Wildman–Crippen LogP) is -0.00650. The van der Waals surface area contributed by atoms with Gasteiger partial charge in [-0.25, -0.2) is 0 Å². The molecule has 0 atom stereocenters. The van der Waals surface area contributed by atoms with Crippen LogP contribution in [0, 0.1) is 0 Å². The van der Waals surface area contributed by atoms with Gasteiger partial charge in [-0.3, -0.25) is 14.3 Å². The molecule has 0 aliphatic rings. The van der Waals surface area contributed by atoms with Crippen molar-refractivity contribution in [3.05, 3.63) is 11.9 Å². The number of carbonyl (C=O) groups excluding carboxylic acids is 2. The Morgan fingerprint density at radius 3 is 2.80 bits per heavy atom. The normalized spacial score (nSPS) is 10.3. The van der Waals surface area contributed by atoms with Crippen LogP contribution in [0.4, 0.5) is 0 Å². The fourth-order valence-corrected chi connectivity index (χ4v) is 1.05. The van der Waals surface area contributed by atoms with Gasteiger partial charge in [-0.2, -0.15) is 0 Å². The summed E-state index contributed by atoms with van der Waals surface area (Å²) in [5.74, 6) is -0.447. The molecule has 0 saturated carbocycles. The minimum atomic E-state index is -0.302. The Morgan fingerprint density at radius 2 is 2.27 bits per heavy atom. The maximum atomic E-state index is 11.5. The summed E-state index contributed by atoms with van der Waals surface area (Å²) in [4.78, 5) is 22.7. The highest BCUT2D eigenvalue weighted by Crippen LogP contribution is 2.00. The van der Waals surface area contributed by atoms with Crippen LogP contribution < -0.4 is 0 Å². The van der Waals surface area contributed by atoms with Gasteiger partial charge in [-0.05, 0) is 0 Å². The molecule has 0 N–H and O–H groups in total. The third-order valence-electron chi connectivity index (χ3n) is 1.83. The first-order valence-corrected chi connectivity index (χ1v) is 4.53. The first kappa shape index (κ1) is 11.5. The maximum Gasteiger partial charge on any atom is 0.192 e. The number of carbonyl (C=O) groups is 2. The number of methoxy groups -OCH3 is 1. The van der Waals surface area contributed by atoms with Crippen molar-refractivity contribution in [1.82, 2.24) is 15.0 Å². The summed E-state index contributed by atoms with van der Waals surface area (Å²) in [5.41, 5.74) is 0.225. The molecular weight excluding hydrogens is 198 g/mol. The number of aromatic nitrogens is 3. The van der Waals surface area contributed by atoms with Gasteiger partial charge in [0, 0.05) is 20.6 Å². The molecule has 1 heterocycles. The van der Waals surface area contributed by atoms with E-state index in [4.69, 9.17) is 4.74 Å². The van der Waals surface area contributed by atoms with Crippen molar-refractivity contribution >= 4 is 11.6 Å². The van der Waals surface area contributed by atoms with E-state index in [9.17, 15) is 9.59 Å². The molecule has 6 nitrogen and oxygen atoms in total. The van der Waals surface area contributed by atoms with Crippen molar-refractivity contribution in [1.29, 1.82) is 0 Å². The topological polar surface area (TPSA) is 74.1 Å². The minimum Gasteiger partial charge on any atom is -0.384 e. The third kappa shape index (κ3) is 3.59. The van der Waals surface area contributed by atoms with Crippen molar-refractivity contribution in [2.45, 2.75) is 12.8 Å². The molecule has 1 aromatic rings. The van der Waals surface area contributed by atoms with E-state index in [0.29, 0.717) is 6.61 Å². The van der Waals surface area contributed by atoms with Crippen LogP contribution in [-0.2, 0) is 16.6 Å². The van der Waals surface area contributed by atoms with E-state index in [0.717, 1.165) is 0 Å². The van der Waals surface area contributed by atoms with Crippen LogP contribution in [0.15, 0.2) is 6.20 Å². The van der Waals surface area contributed by atoms with E-state index in [1.807, 2.05) is 0 Å². The number of hydrogen-bond donors (Lipinski definition) is 0. The monoisotopic (exact) mass is 211 g/mol. The Labute approximate surface area is 87.2 Å². The second-order valence-electron chi connectivity index (χ2n) is 3.16. The quantitative estimate of drug-likeness (QED) is 0.489. The van der Waals surface area contributed by atoms with Gasteiger partial charge in [0.25, 0.3) is 0 Å². The second kappa shape index (κ2) is 5.35. The Balaban J connectivity index is 2.45. The van der Waals surface area contributed by atoms with Crippen LogP contribution in [0.5, 0.6) is 0 Å². The van der Waals surface area contributed by atoms with Gasteiger partial charge in [0.2, 0.25) is 0 Å². The number of ether oxygens (including phenoxy) is 1. The standard InChI is InChI=1S/C9H13N3O3/c1-12-6-8(10-11-12)9(14)5-7(13)3-4-15-2/h6H,3-5H2,1-2H3. The Bertz CT molecular complexity index is 359. The fourth-order valence-electron chi connectivity index (χ4n) is 1.05. The van der Waals surface area contributed by atoms with Crippen LogP contribution in [0.2, 0.25) is 0 Å². The van der Waals surface area contributed by atoms with Gasteiger partial charge in [0.1, 0.15) is 11.5 Å². The molecule has 15 heavy (non-hydrogen) atoms. The van der Waals surface area contributed by atoms with Crippen LogP contribution in [0.3, 0.4) is 0 Å². The zero-order valence-corrected chi connectivity index (χ0v) is 8.77. The summed E-state index contributed by atoms with van der Waals surface area (Å²) >= 11 is 0. The second-order valence-corrected chi connectivity index (χ2v) is 3.16. The largest absolute Gasteiger partial charge is 0.384 e. The van der Waals surface area contributed by atoms with E-state index >= 15 is 0 Å². The molecule has 0 radical (unpaired) electrons.